The number of nitrogens with zero attached hydrogens (tertiary/aromatic N) is 5. The molecule has 0 saturated carbocycles. The van der Waals surface area contributed by atoms with E-state index in [2.05, 4.69) is 63.2 Å². The maximum atomic E-state index is 9.10. The summed E-state index contributed by atoms with van der Waals surface area (Å²) in [5.41, 5.74) is 13.5. The SMILES string of the molecule is CN.Cc1cnc2n1-c1ccc(N3CCCC3)cc1Cn1cc(-c3ccc(C#N)cc3)cc1-2. The van der Waals surface area contributed by atoms with Crippen molar-refractivity contribution in [2.75, 3.05) is 25.0 Å². The van der Waals surface area contributed by atoms with Gasteiger partial charge in [-0.05, 0) is 74.3 Å². The van der Waals surface area contributed by atoms with Crippen LogP contribution in [0.1, 0.15) is 29.7 Å². The summed E-state index contributed by atoms with van der Waals surface area (Å²) in [6.07, 6.45) is 6.72. The summed E-state index contributed by atoms with van der Waals surface area (Å²) < 4.78 is 4.59. The van der Waals surface area contributed by atoms with Crippen molar-refractivity contribution in [3.63, 3.8) is 0 Å². The summed E-state index contributed by atoms with van der Waals surface area (Å²) in [5, 5.41) is 9.10. The van der Waals surface area contributed by atoms with Crippen LogP contribution in [0, 0.1) is 18.3 Å². The zero-order valence-electron chi connectivity index (χ0n) is 19.1. The van der Waals surface area contributed by atoms with Crippen LogP contribution in [-0.4, -0.2) is 34.3 Å². The first kappa shape index (κ1) is 21.0. The molecule has 0 bridgehead atoms. The van der Waals surface area contributed by atoms with Crippen LogP contribution in [0.2, 0.25) is 0 Å². The van der Waals surface area contributed by atoms with Crippen LogP contribution >= 0.6 is 0 Å². The van der Waals surface area contributed by atoms with E-state index in [-0.39, 0.29) is 0 Å². The highest BCUT2D eigenvalue weighted by Crippen LogP contribution is 2.36. The number of rotatable bonds is 2. The highest BCUT2D eigenvalue weighted by Gasteiger charge is 2.24. The van der Waals surface area contributed by atoms with Gasteiger partial charge in [0.1, 0.15) is 0 Å². The van der Waals surface area contributed by atoms with Crippen LogP contribution in [0.25, 0.3) is 28.3 Å². The van der Waals surface area contributed by atoms with Crippen molar-refractivity contribution in [2.24, 2.45) is 5.73 Å². The summed E-state index contributed by atoms with van der Waals surface area (Å²) in [4.78, 5) is 7.27. The molecule has 1 saturated heterocycles. The van der Waals surface area contributed by atoms with E-state index < -0.39 is 0 Å². The Morgan fingerprint density at radius 2 is 1.73 bits per heavy atom. The Balaban J connectivity index is 0.00000111. The largest absolute Gasteiger partial charge is 0.372 e. The molecular weight excluding hydrogens is 408 g/mol. The van der Waals surface area contributed by atoms with Crippen molar-refractivity contribution in [3.8, 4) is 34.4 Å². The summed E-state index contributed by atoms with van der Waals surface area (Å²) in [6.45, 7) is 5.22. The molecule has 6 rings (SSSR count). The standard InChI is InChI=1S/C26H23N5.CH5N/c1-18-15-28-26-25-13-21(20-6-4-19(14-27)5-7-20)16-30(25)17-22-12-23(29-10-2-3-11-29)8-9-24(22)31(18)26;1-2/h4-9,12-13,15-16H,2-3,10-11,17H2,1H3;2H2,1H3. The molecule has 0 spiro atoms. The normalized spacial score (nSPS) is 13.8. The number of fused-ring (bicyclic) bond motifs is 5. The summed E-state index contributed by atoms with van der Waals surface area (Å²) in [7, 11) is 1.50. The van der Waals surface area contributed by atoms with E-state index in [9.17, 15) is 0 Å². The van der Waals surface area contributed by atoms with Gasteiger partial charge in [0.25, 0.3) is 0 Å². The Kier molecular flexibility index (Phi) is 5.49. The Bertz CT molecular complexity index is 1330. The number of aromatic nitrogens is 3. The Morgan fingerprint density at radius 3 is 2.45 bits per heavy atom. The van der Waals surface area contributed by atoms with Crippen molar-refractivity contribution < 1.29 is 0 Å². The number of nitriles is 1. The van der Waals surface area contributed by atoms with Crippen molar-refractivity contribution in [3.05, 3.63) is 77.7 Å². The summed E-state index contributed by atoms with van der Waals surface area (Å²) >= 11 is 0. The molecule has 2 aliphatic rings. The van der Waals surface area contributed by atoms with Gasteiger partial charge >= 0.3 is 0 Å². The van der Waals surface area contributed by atoms with Crippen LogP contribution < -0.4 is 10.6 Å². The number of hydrogen-bond acceptors (Lipinski definition) is 4. The quantitative estimate of drug-likeness (QED) is 0.434. The van der Waals surface area contributed by atoms with Gasteiger partial charge < -0.3 is 15.2 Å². The van der Waals surface area contributed by atoms with E-state index in [4.69, 9.17) is 10.2 Å². The van der Waals surface area contributed by atoms with Crippen LogP contribution in [-0.2, 0) is 6.54 Å². The fourth-order valence-electron chi connectivity index (χ4n) is 4.92. The molecule has 0 radical (unpaired) electrons. The fraction of sp³-hybridized carbons (Fsp3) is 0.259. The third-order valence-electron chi connectivity index (χ3n) is 6.53. The van der Waals surface area contributed by atoms with Gasteiger partial charge in [-0.1, -0.05) is 12.1 Å². The highest BCUT2D eigenvalue weighted by atomic mass is 15.2. The van der Waals surface area contributed by atoms with E-state index >= 15 is 0 Å². The van der Waals surface area contributed by atoms with Crippen LogP contribution in [0.5, 0.6) is 0 Å². The lowest BCUT2D eigenvalue weighted by Crippen LogP contribution is -2.18. The molecule has 4 aromatic rings. The predicted octanol–water partition coefficient (Wildman–Crippen LogP) is 4.72. The van der Waals surface area contributed by atoms with Gasteiger partial charge in [0.2, 0.25) is 0 Å². The molecule has 0 amide bonds. The van der Waals surface area contributed by atoms with Crippen LogP contribution in [0.4, 0.5) is 5.69 Å². The van der Waals surface area contributed by atoms with Gasteiger partial charge in [0.15, 0.2) is 5.82 Å². The molecule has 33 heavy (non-hydrogen) atoms. The van der Waals surface area contributed by atoms with Gasteiger partial charge in [0, 0.05) is 49.0 Å². The van der Waals surface area contributed by atoms with Crippen molar-refractivity contribution >= 4 is 5.69 Å². The molecule has 2 aromatic heterocycles. The molecule has 2 aliphatic heterocycles. The van der Waals surface area contributed by atoms with E-state index in [0.29, 0.717) is 5.56 Å². The van der Waals surface area contributed by atoms with E-state index in [1.807, 2.05) is 30.5 Å². The molecule has 2 N–H and O–H groups in total. The first-order valence-electron chi connectivity index (χ1n) is 11.4. The maximum Gasteiger partial charge on any atom is 0.161 e. The molecule has 0 unspecified atom stereocenters. The first-order chi connectivity index (χ1) is 16.2. The second kappa shape index (κ2) is 8.61. The van der Waals surface area contributed by atoms with Crippen molar-refractivity contribution in [1.82, 2.24) is 14.1 Å². The number of aryl methyl sites for hydroxylation is 1. The molecular formula is C27H28N6. The molecule has 6 nitrogen and oxygen atoms in total. The molecule has 1 fully saturated rings. The van der Waals surface area contributed by atoms with Gasteiger partial charge in [-0.15, -0.1) is 0 Å². The minimum atomic E-state index is 0.680. The fourth-order valence-corrected chi connectivity index (χ4v) is 4.92. The Morgan fingerprint density at radius 1 is 0.970 bits per heavy atom. The predicted molar refractivity (Wildman–Crippen MR) is 133 cm³/mol. The van der Waals surface area contributed by atoms with Crippen molar-refractivity contribution in [2.45, 2.75) is 26.3 Å². The molecule has 0 aliphatic carbocycles. The van der Waals surface area contributed by atoms with Crippen LogP contribution in [0.15, 0.2) is 60.9 Å². The minimum Gasteiger partial charge on any atom is -0.372 e. The molecule has 0 atom stereocenters. The number of nitrogens with two attached hydrogens (primary N) is 1. The molecule has 6 heteroatoms. The third-order valence-corrected chi connectivity index (χ3v) is 6.53. The molecule has 4 heterocycles. The van der Waals surface area contributed by atoms with E-state index in [0.717, 1.165) is 48.0 Å². The molecule has 166 valence electrons. The zero-order valence-corrected chi connectivity index (χ0v) is 19.1. The van der Waals surface area contributed by atoms with Gasteiger partial charge in [-0.3, -0.25) is 4.57 Å². The lowest BCUT2D eigenvalue weighted by molar-refractivity contribution is 0.817. The highest BCUT2D eigenvalue weighted by molar-refractivity contribution is 5.73. The Labute approximate surface area is 194 Å². The van der Waals surface area contributed by atoms with E-state index in [1.165, 1.54) is 36.8 Å². The van der Waals surface area contributed by atoms with Crippen molar-refractivity contribution in [1.29, 1.82) is 5.26 Å². The number of imidazole rings is 1. The monoisotopic (exact) mass is 436 g/mol. The van der Waals surface area contributed by atoms with Gasteiger partial charge in [0.05, 0.1) is 23.0 Å². The minimum absolute atomic E-state index is 0.680. The van der Waals surface area contributed by atoms with Gasteiger partial charge in [-0.25, -0.2) is 4.98 Å². The second-order valence-corrected chi connectivity index (χ2v) is 8.50. The second-order valence-electron chi connectivity index (χ2n) is 8.50. The Hall–Kier alpha value is -3.82. The maximum absolute atomic E-state index is 9.10. The zero-order chi connectivity index (χ0) is 22.9. The molecule has 2 aromatic carbocycles. The summed E-state index contributed by atoms with van der Waals surface area (Å²) in [5.74, 6) is 0.977. The van der Waals surface area contributed by atoms with Crippen LogP contribution in [0.3, 0.4) is 0 Å². The average molecular weight is 437 g/mol. The summed E-state index contributed by atoms with van der Waals surface area (Å²) in [6, 6.07) is 19.1. The topological polar surface area (TPSA) is 75.8 Å². The number of benzene rings is 2. The lowest BCUT2D eigenvalue weighted by atomic mass is 10.1. The average Bonchev–Trinajstić information content (AvgIpc) is 3.60. The third kappa shape index (κ3) is 3.61. The number of anilines is 1. The first-order valence-corrected chi connectivity index (χ1v) is 11.4. The number of hydrogen-bond donors (Lipinski definition) is 1. The van der Waals surface area contributed by atoms with Gasteiger partial charge in [-0.2, -0.15) is 5.26 Å². The smallest absolute Gasteiger partial charge is 0.161 e. The van der Waals surface area contributed by atoms with E-state index in [1.54, 1.807) is 0 Å². The lowest BCUT2D eigenvalue weighted by Gasteiger charge is -2.20.